The second-order valence-electron chi connectivity index (χ2n) is 9.49. The molecule has 9 heteroatoms. The molecule has 0 heterocycles. The molecule has 0 spiro atoms. The molecule has 0 saturated carbocycles. The van der Waals surface area contributed by atoms with E-state index >= 15 is 0 Å². The first-order chi connectivity index (χ1) is 17.3. The summed E-state index contributed by atoms with van der Waals surface area (Å²) in [6.45, 7) is 12.4. The van der Waals surface area contributed by atoms with Gasteiger partial charge in [-0.3, -0.25) is 9.59 Å². The Hall–Kier alpha value is -1.26. The van der Waals surface area contributed by atoms with Crippen LogP contribution in [0.25, 0.3) is 0 Å². The highest BCUT2D eigenvalue weighted by molar-refractivity contribution is 5.70. The molecule has 0 aromatic heterocycles. The Morgan fingerprint density at radius 2 is 0.917 bits per heavy atom. The van der Waals surface area contributed by atoms with E-state index in [1.165, 1.54) is 32.1 Å². The lowest BCUT2D eigenvalue weighted by atomic mass is 10.1. The molecule has 0 aromatic carbocycles. The maximum atomic E-state index is 11.7. The molecular formula is C27H52O9. The zero-order chi connectivity index (χ0) is 26.7. The lowest BCUT2D eigenvalue weighted by Gasteiger charge is -2.19. The molecule has 0 aliphatic carbocycles. The van der Waals surface area contributed by atoms with E-state index in [0.717, 1.165) is 12.8 Å². The van der Waals surface area contributed by atoms with E-state index in [2.05, 4.69) is 6.92 Å². The van der Waals surface area contributed by atoms with Crippen LogP contribution >= 0.6 is 0 Å². The van der Waals surface area contributed by atoms with Gasteiger partial charge in [-0.1, -0.05) is 45.4 Å². The molecule has 0 bridgehead atoms. The predicted molar refractivity (Wildman–Crippen MR) is 138 cm³/mol. The second kappa shape index (κ2) is 25.4. The van der Waals surface area contributed by atoms with E-state index in [-0.39, 0.29) is 25.0 Å². The number of unbranched alkanes of at least 4 members (excludes halogenated alkanes) is 6. The topological polar surface area (TPSA) is 98.8 Å². The van der Waals surface area contributed by atoms with E-state index < -0.39 is 5.60 Å². The molecule has 0 unspecified atom stereocenters. The van der Waals surface area contributed by atoms with Crippen LogP contribution in [0.15, 0.2) is 0 Å². The maximum absolute atomic E-state index is 11.7. The van der Waals surface area contributed by atoms with Crippen molar-refractivity contribution in [2.24, 2.45) is 0 Å². The van der Waals surface area contributed by atoms with Crippen molar-refractivity contribution < 1.29 is 42.7 Å². The SMILES string of the molecule is CCCCCCCCCC(=O)OCCOCCOCCOCCOCCOCCC(=O)OC(C)(C)C. The quantitative estimate of drug-likeness (QED) is 0.121. The minimum absolute atomic E-state index is 0.143. The van der Waals surface area contributed by atoms with Gasteiger partial charge in [0.05, 0.1) is 72.5 Å². The van der Waals surface area contributed by atoms with Gasteiger partial charge in [-0.05, 0) is 27.2 Å². The lowest BCUT2D eigenvalue weighted by Crippen LogP contribution is -2.24. The Labute approximate surface area is 218 Å². The summed E-state index contributed by atoms with van der Waals surface area (Å²) in [5, 5.41) is 0. The Morgan fingerprint density at radius 1 is 0.500 bits per heavy atom. The van der Waals surface area contributed by atoms with Crippen LogP contribution in [-0.2, 0) is 42.7 Å². The van der Waals surface area contributed by atoms with Gasteiger partial charge in [-0.25, -0.2) is 0 Å². The van der Waals surface area contributed by atoms with Crippen LogP contribution in [0.1, 0.15) is 85.5 Å². The molecule has 9 nitrogen and oxygen atoms in total. The van der Waals surface area contributed by atoms with Crippen molar-refractivity contribution in [3.8, 4) is 0 Å². The van der Waals surface area contributed by atoms with Gasteiger partial charge in [0.2, 0.25) is 0 Å². The third-order valence-corrected chi connectivity index (χ3v) is 4.83. The van der Waals surface area contributed by atoms with Crippen molar-refractivity contribution in [1.82, 2.24) is 0 Å². The third kappa shape index (κ3) is 29.0. The minimum Gasteiger partial charge on any atom is -0.463 e. The molecule has 0 aliphatic rings. The molecular weight excluding hydrogens is 468 g/mol. The van der Waals surface area contributed by atoms with Crippen LogP contribution in [0.5, 0.6) is 0 Å². The van der Waals surface area contributed by atoms with Crippen molar-refractivity contribution in [2.75, 3.05) is 72.7 Å². The summed E-state index contributed by atoms with van der Waals surface area (Å²) in [7, 11) is 0. The van der Waals surface area contributed by atoms with Crippen LogP contribution in [0, 0.1) is 0 Å². The number of carbonyl (C=O) groups is 2. The standard InChI is InChI=1S/C27H52O9/c1-5-6-7-8-9-10-11-12-25(28)35-24-23-34-22-21-33-20-19-32-18-17-31-16-15-30-14-13-26(29)36-27(2,3)4/h5-24H2,1-4H3. The van der Waals surface area contributed by atoms with Crippen LogP contribution in [0.3, 0.4) is 0 Å². The highest BCUT2D eigenvalue weighted by Gasteiger charge is 2.15. The fourth-order valence-corrected chi connectivity index (χ4v) is 3.04. The highest BCUT2D eigenvalue weighted by atomic mass is 16.6. The largest absolute Gasteiger partial charge is 0.463 e. The summed E-state index contributed by atoms with van der Waals surface area (Å²) in [4.78, 5) is 23.2. The van der Waals surface area contributed by atoms with Crippen molar-refractivity contribution in [3.63, 3.8) is 0 Å². The lowest BCUT2D eigenvalue weighted by molar-refractivity contribution is -0.156. The van der Waals surface area contributed by atoms with Crippen molar-refractivity contribution in [3.05, 3.63) is 0 Å². The Morgan fingerprint density at radius 3 is 1.39 bits per heavy atom. The zero-order valence-electron chi connectivity index (χ0n) is 23.3. The van der Waals surface area contributed by atoms with Gasteiger partial charge in [0.25, 0.3) is 0 Å². The molecule has 0 N–H and O–H groups in total. The fourth-order valence-electron chi connectivity index (χ4n) is 3.04. The number of esters is 2. The van der Waals surface area contributed by atoms with Crippen LogP contribution < -0.4 is 0 Å². The van der Waals surface area contributed by atoms with Gasteiger partial charge in [0.1, 0.15) is 12.2 Å². The van der Waals surface area contributed by atoms with E-state index in [1.807, 2.05) is 20.8 Å². The van der Waals surface area contributed by atoms with Crippen LogP contribution in [-0.4, -0.2) is 90.2 Å². The number of carbonyl (C=O) groups excluding carboxylic acids is 2. The highest BCUT2D eigenvalue weighted by Crippen LogP contribution is 2.09. The molecule has 0 atom stereocenters. The first kappa shape index (κ1) is 34.7. The predicted octanol–water partition coefficient (Wildman–Crippen LogP) is 4.49. The second-order valence-corrected chi connectivity index (χ2v) is 9.49. The number of rotatable bonds is 26. The summed E-state index contributed by atoms with van der Waals surface area (Å²) in [5.74, 6) is -0.407. The first-order valence-electron chi connectivity index (χ1n) is 13.6. The summed E-state index contributed by atoms with van der Waals surface area (Å²) in [6, 6.07) is 0. The monoisotopic (exact) mass is 520 g/mol. The first-order valence-corrected chi connectivity index (χ1v) is 13.6. The molecule has 0 aliphatic heterocycles. The van der Waals surface area contributed by atoms with Crippen LogP contribution in [0.2, 0.25) is 0 Å². The van der Waals surface area contributed by atoms with Crippen molar-refractivity contribution >= 4 is 11.9 Å². The zero-order valence-corrected chi connectivity index (χ0v) is 23.3. The average Bonchev–Trinajstić information content (AvgIpc) is 2.81. The smallest absolute Gasteiger partial charge is 0.308 e. The number of ether oxygens (including phenoxy) is 7. The summed E-state index contributed by atoms with van der Waals surface area (Å²) in [5.41, 5.74) is -0.469. The van der Waals surface area contributed by atoms with Gasteiger partial charge < -0.3 is 33.2 Å². The van der Waals surface area contributed by atoms with Gasteiger partial charge in [-0.2, -0.15) is 0 Å². The molecule has 0 amide bonds. The minimum atomic E-state index is -0.469. The Bertz CT molecular complexity index is 506. The molecule has 0 fully saturated rings. The number of hydrogen-bond acceptors (Lipinski definition) is 9. The fraction of sp³-hybridized carbons (Fsp3) is 0.926. The summed E-state index contributed by atoms with van der Waals surface area (Å²) >= 11 is 0. The molecule has 0 aromatic rings. The van der Waals surface area contributed by atoms with Crippen molar-refractivity contribution in [1.29, 1.82) is 0 Å². The number of hydrogen-bond donors (Lipinski definition) is 0. The van der Waals surface area contributed by atoms with Crippen molar-refractivity contribution in [2.45, 2.75) is 91.1 Å². The Balaban J connectivity index is 3.20. The van der Waals surface area contributed by atoms with E-state index in [0.29, 0.717) is 72.5 Å². The van der Waals surface area contributed by atoms with Gasteiger partial charge in [0, 0.05) is 6.42 Å². The molecule has 0 radical (unpaired) electrons. The van der Waals surface area contributed by atoms with Gasteiger partial charge >= 0.3 is 11.9 Å². The maximum Gasteiger partial charge on any atom is 0.308 e. The van der Waals surface area contributed by atoms with Gasteiger partial charge in [-0.15, -0.1) is 0 Å². The normalized spacial score (nSPS) is 11.6. The molecule has 36 heavy (non-hydrogen) atoms. The van der Waals surface area contributed by atoms with Gasteiger partial charge in [0.15, 0.2) is 0 Å². The summed E-state index contributed by atoms with van der Waals surface area (Å²) in [6.07, 6.45) is 9.03. The molecule has 214 valence electrons. The molecule has 0 saturated heterocycles. The third-order valence-electron chi connectivity index (χ3n) is 4.83. The average molecular weight is 521 g/mol. The Kier molecular flexibility index (Phi) is 24.5. The van der Waals surface area contributed by atoms with E-state index in [4.69, 9.17) is 33.2 Å². The summed E-state index contributed by atoms with van der Waals surface area (Å²) < 4.78 is 37.4. The van der Waals surface area contributed by atoms with E-state index in [9.17, 15) is 9.59 Å². The molecule has 0 rings (SSSR count). The van der Waals surface area contributed by atoms with E-state index in [1.54, 1.807) is 0 Å². The van der Waals surface area contributed by atoms with Crippen LogP contribution in [0.4, 0.5) is 0 Å².